The van der Waals surface area contributed by atoms with Crippen LogP contribution in [0.2, 0.25) is 0 Å². The Morgan fingerprint density at radius 2 is 1.90 bits per heavy atom. The number of hydrogen-bond donors (Lipinski definition) is 1. The van der Waals surface area contributed by atoms with Gasteiger partial charge in [0.15, 0.2) is 0 Å². The van der Waals surface area contributed by atoms with E-state index in [9.17, 15) is 4.79 Å². The molecule has 0 aliphatic carbocycles. The number of carbonyl (C=O) groups is 1. The Labute approximate surface area is 127 Å². The van der Waals surface area contributed by atoms with Gasteiger partial charge in [-0.1, -0.05) is 30.3 Å². The van der Waals surface area contributed by atoms with E-state index in [4.69, 9.17) is 11.6 Å². The first-order chi connectivity index (χ1) is 10.3. The minimum Gasteiger partial charge on any atom is -0.322 e. The summed E-state index contributed by atoms with van der Waals surface area (Å²) in [7, 11) is 0. The molecule has 3 aromatic rings. The first kappa shape index (κ1) is 13.6. The third-order valence-electron chi connectivity index (χ3n) is 3.22. The molecule has 0 spiro atoms. The molecule has 1 amide bonds. The van der Waals surface area contributed by atoms with E-state index >= 15 is 0 Å². The second-order valence-corrected chi connectivity index (χ2v) is 4.94. The van der Waals surface area contributed by atoms with Gasteiger partial charge in [0.2, 0.25) is 0 Å². The van der Waals surface area contributed by atoms with Crippen molar-refractivity contribution in [3.05, 3.63) is 71.9 Å². The number of nitrogens with zero attached hydrogens (tertiary/aromatic N) is 1. The summed E-state index contributed by atoms with van der Waals surface area (Å²) in [5, 5.41) is 3.83. The first-order valence-corrected chi connectivity index (χ1v) is 7.11. The van der Waals surface area contributed by atoms with Crippen molar-refractivity contribution in [3.8, 4) is 0 Å². The number of para-hydroxylation sites is 1. The van der Waals surface area contributed by atoms with E-state index in [0.29, 0.717) is 17.0 Å². The number of fused-ring (bicyclic) bond motifs is 1. The van der Waals surface area contributed by atoms with Crippen LogP contribution in [-0.4, -0.2) is 10.9 Å². The third kappa shape index (κ3) is 2.88. The van der Waals surface area contributed by atoms with Crippen LogP contribution < -0.4 is 5.32 Å². The number of benzene rings is 2. The number of alkyl halides is 1. The fourth-order valence-corrected chi connectivity index (χ4v) is 2.38. The van der Waals surface area contributed by atoms with Crippen LogP contribution in [-0.2, 0) is 5.88 Å². The second-order valence-electron chi connectivity index (χ2n) is 4.67. The number of aromatic nitrogens is 1. The smallest absolute Gasteiger partial charge is 0.257 e. The lowest BCUT2D eigenvalue weighted by Crippen LogP contribution is -2.12. The van der Waals surface area contributed by atoms with Gasteiger partial charge < -0.3 is 5.32 Å². The van der Waals surface area contributed by atoms with Gasteiger partial charge in [-0.25, -0.2) is 0 Å². The number of hydrogen-bond acceptors (Lipinski definition) is 2. The minimum atomic E-state index is -0.175. The molecule has 0 radical (unpaired) electrons. The van der Waals surface area contributed by atoms with E-state index in [1.54, 1.807) is 12.3 Å². The molecule has 1 N–H and O–H groups in total. The van der Waals surface area contributed by atoms with E-state index in [1.165, 1.54) is 0 Å². The SMILES string of the molecule is O=C(Nc1cccc(CCl)c1)c1cccc2cccnc12. The Balaban J connectivity index is 1.93. The zero-order chi connectivity index (χ0) is 14.7. The molecule has 104 valence electrons. The molecule has 1 aromatic heterocycles. The van der Waals surface area contributed by atoms with Crippen LogP contribution >= 0.6 is 11.6 Å². The number of anilines is 1. The van der Waals surface area contributed by atoms with Crippen LogP contribution in [0.15, 0.2) is 60.8 Å². The molecule has 0 saturated carbocycles. The highest BCUT2D eigenvalue weighted by Crippen LogP contribution is 2.18. The van der Waals surface area contributed by atoms with Crippen molar-refractivity contribution in [3.63, 3.8) is 0 Å². The van der Waals surface area contributed by atoms with Crippen molar-refractivity contribution >= 4 is 34.1 Å². The first-order valence-electron chi connectivity index (χ1n) is 6.58. The Morgan fingerprint density at radius 3 is 2.76 bits per heavy atom. The zero-order valence-corrected chi connectivity index (χ0v) is 12.0. The molecule has 4 heteroatoms. The summed E-state index contributed by atoms with van der Waals surface area (Å²) in [5.74, 6) is 0.241. The molecule has 0 atom stereocenters. The maximum Gasteiger partial charge on any atom is 0.257 e. The van der Waals surface area contributed by atoms with Gasteiger partial charge in [0.1, 0.15) is 0 Å². The van der Waals surface area contributed by atoms with Crippen molar-refractivity contribution in [1.29, 1.82) is 0 Å². The monoisotopic (exact) mass is 296 g/mol. The van der Waals surface area contributed by atoms with Crippen LogP contribution in [0.5, 0.6) is 0 Å². The molecule has 0 fully saturated rings. The lowest BCUT2D eigenvalue weighted by molar-refractivity contribution is 0.102. The van der Waals surface area contributed by atoms with Gasteiger partial charge >= 0.3 is 0 Å². The summed E-state index contributed by atoms with van der Waals surface area (Å²) < 4.78 is 0. The van der Waals surface area contributed by atoms with E-state index in [-0.39, 0.29) is 5.91 Å². The largest absolute Gasteiger partial charge is 0.322 e. The topological polar surface area (TPSA) is 42.0 Å². The summed E-state index contributed by atoms with van der Waals surface area (Å²) in [6, 6.07) is 16.9. The minimum absolute atomic E-state index is 0.175. The van der Waals surface area contributed by atoms with Gasteiger partial charge in [0.05, 0.1) is 11.1 Å². The van der Waals surface area contributed by atoms with Gasteiger partial charge in [-0.15, -0.1) is 11.6 Å². The molecule has 0 bridgehead atoms. The Bertz CT molecular complexity index is 796. The molecule has 0 aliphatic rings. The quantitative estimate of drug-likeness (QED) is 0.735. The third-order valence-corrected chi connectivity index (χ3v) is 3.53. The van der Waals surface area contributed by atoms with Crippen molar-refractivity contribution in [2.75, 3.05) is 5.32 Å². The van der Waals surface area contributed by atoms with Crippen molar-refractivity contribution in [1.82, 2.24) is 4.98 Å². The molecule has 0 unspecified atom stereocenters. The molecule has 2 aromatic carbocycles. The highest BCUT2D eigenvalue weighted by molar-refractivity contribution is 6.17. The molecule has 1 heterocycles. The average molecular weight is 297 g/mol. The Kier molecular flexibility index (Phi) is 3.84. The summed E-state index contributed by atoms with van der Waals surface area (Å²) in [6.07, 6.45) is 1.69. The van der Waals surface area contributed by atoms with E-state index in [0.717, 1.165) is 16.6 Å². The van der Waals surface area contributed by atoms with Gasteiger partial charge in [-0.2, -0.15) is 0 Å². The standard InChI is InChI=1S/C17H13ClN2O/c18-11-12-4-1-7-14(10-12)20-17(21)15-8-2-5-13-6-3-9-19-16(13)15/h1-10H,11H2,(H,20,21). The summed E-state index contributed by atoms with van der Waals surface area (Å²) in [4.78, 5) is 16.7. The normalized spacial score (nSPS) is 10.5. The van der Waals surface area contributed by atoms with Crippen LogP contribution in [0.25, 0.3) is 10.9 Å². The van der Waals surface area contributed by atoms with E-state index in [1.807, 2.05) is 48.5 Å². The van der Waals surface area contributed by atoms with Crippen LogP contribution in [0, 0.1) is 0 Å². The Hall–Kier alpha value is -2.39. The molecular weight excluding hydrogens is 284 g/mol. The maximum absolute atomic E-state index is 12.4. The number of rotatable bonds is 3. The molecule has 0 aliphatic heterocycles. The van der Waals surface area contributed by atoms with Crippen molar-refractivity contribution < 1.29 is 4.79 Å². The highest BCUT2D eigenvalue weighted by atomic mass is 35.5. The van der Waals surface area contributed by atoms with Crippen molar-refractivity contribution in [2.24, 2.45) is 0 Å². The summed E-state index contributed by atoms with van der Waals surface area (Å²) >= 11 is 5.81. The van der Waals surface area contributed by atoms with Crippen LogP contribution in [0.1, 0.15) is 15.9 Å². The number of amides is 1. The number of nitrogens with one attached hydrogen (secondary N) is 1. The van der Waals surface area contributed by atoms with Crippen molar-refractivity contribution in [2.45, 2.75) is 5.88 Å². The molecule has 0 saturated heterocycles. The van der Waals surface area contributed by atoms with Gasteiger partial charge in [-0.3, -0.25) is 9.78 Å². The molecular formula is C17H13ClN2O. The lowest BCUT2D eigenvalue weighted by Gasteiger charge is -2.08. The predicted molar refractivity (Wildman–Crippen MR) is 85.7 cm³/mol. The molecule has 21 heavy (non-hydrogen) atoms. The molecule has 3 rings (SSSR count). The maximum atomic E-state index is 12.4. The number of pyridine rings is 1. The summed E-state index contributed by atoms with van der Waals surface area (Å²) in [6.45, 7) is 0. The van der Waals surface area contributed by atoms with E-state index < -0.39 is 0 Å². The Morgan fingerprint density at radius 1 is 1.10 bits per heavy atom. The van der Waals surface area contributed by atoms with Crippen LogP contribution in [0.3, 0.4) is 0 Å². The molecule has 3 nitrogen and oxygen atoms in total. The van der Waals surface area contributed by atoms with Gasteiger partial charge in [0.25, 0.3) is 5.91 Å². The van der Waals surface area contributed by atoms with Gasteiger partial charge in [-0.05, 0) is 29.8 Å². The number of carbonyl (C=O) groups excluding carboxylic acids is 1. The second kappa shape index (κ2) is 5.94. The van der Waals surface area contributed by atoms with Crippen LogP contribution in [0.4, 0.5) is 5.69 Å². The predicted octanol–water partition coefficient (Wildman–Crippen LogP) is 4.23. The zero-order valence-electron chi connectivity index (χ0n) is 11.2. The fraction of sp³-hybridized carbons (Fsp3) is 0.0588. The number of halogens is 1. The highest BCUT2D eigenvalue weighted by Gasteiger charge is 2.11. The summed E-state index contributed by atoms with van der Waals surface area (Å²) in [5.41, 5.74) is 2.95. The van der Waals surface area contributed by atoms with Gasteiger partial charge in [0, 0.05) is 23.2 Å². The fourth-order valence-electron chi connectivity index (χ4n) is 2.22. The average Bonchev–Trinajstić information content (AvgIpc) is 2.54. The lowest BCUT2D eigenvalue weighted by atomic mass is 10.1. The van der Waals surface area contributed by atoms with E-state index in [2.05, 4.69) is 10.3 Å².